The molecule has 0 aliphatic heterocycles. The van der Waals surface area contributed by atoms with Gasteiger partial charge in [0.15, 0.2) is 0 Å². The van der Waals surface area contributed by atoms with Crippen LogP contribution in [0, 0.1) is 0 Å². The summed E-state index contributed by atoms with van der Waals surface area (Å²) in [5.74, 6) is -0.00721. The van der Waals surface area contributed by atoms with Crippen molar-refractivity contribution in [2.24, 2.45) is 0 Å². The summed E-state index contributed by atoms with van der Waals surface area (Å²) >= 11 is 0. The van der Waals surface area contributed by atoms with E-state index >= 15 is 0 Å². The van der Waals surface area contributed by atoms with Crippen LogP contribution < -0.4 is 5.32 Å². The van der Waals surface area contributed by atoms with Crippen LogP contribution in [0.25, 0.3) is 0 Å². The Kier molecular flexibility index (Phi) is 10.3. The van der Waals surface area contributed by atoms with Gasteiger partial charge < -0.3 is 10.2 Å². The van der Waals surface area contributed by atoms with Crippen molar-refractivity contribution >= 4 is 11.8 Å². The number of nitrogens with one attached hydrogen (secondary N) is 1. The molecule has 0 aliphatic carbocycles. The van der Waals surface area contributed by atoms with Gasteiger partial charge in [-0.15, -0.1) is 0 Å². The third kappa shape index (κ3) is 7.86. The molecule has 2 amide bonds. The molecule has 2 atom stereocenters. The zero-order chi connectivity index (χ0) is 22.6. The average molecular weight is 423 g/mol. The Morgan fingerprint density at radius 1 is 0.839 bits per heavy atom. The van der Waals surface area contributed by atoms with E-state index in [2.05, 4.69) is 48.6 Å². The topological polar surface area (TPSA) is 49.4 Å². The Bertz CT molecular complexity index is 802. The molecular weight excluding hydrogens is 384 g/mol. The number of nitrogens with zero attached hydrogens (tertiary/aromatic N) is 1. The molecule has 2 aromatic carbocycles. The van der Waals surface area contributed by atoms with Crippen molar-refractivity contribution in [1.82, 2.24) is 10.2 Å². The number of amides is 2. The van der Waals surface area contributed by atoms with Crippen molar-refractivity contribution in [3.05, 3.63) is 71.3 Å². The van der Waals surface area contributed by atoms with Crippen LogP contribution in [0.4, 0.5) is 0 Å². The lowest BCUT2D eigenvalue weighted by Gasteiger charge is -2.31. The van der Waals surface area contributed by atoms with Gasteiger partial charge in [-0.3, -0.25) is 9.59 Å². The molecule has 0 radical (unpaired) electrons. The van der Waals surface area contributed by atoms with Crippen LogP contribution in [-0.4, -0.2) is 35.3 Å². The minimum atomic E-state index is -0.437. The van der Waals surface area contributed by atoms with E-state index < -0.39 is 6.04 Å². The molecule has 2 rings (SSSR count). The van der Waals surface area contributed by atoms with Gasteiger partial charge in [-0.05, 0) is 55.7 Å². The van der Waals surface area contributed by atoms with E-state index in [1.165, 1.54) is 11.1 Å². The van der Waals surface area contributed by atoms with E-state index in [1.54, 1.807) is 4.90 Å². The lowest BCUT2D eigenvalue weighted by atomic mass is 10.0. The first kappa shape index (κ1) is 24.6. The summed E-state index contributed by atoms with van der Waals surface area (Å²) in [7, 11) is 0. The van der Waals surface area contributed by atoms with Crippen LogP contribution in [0.1, 0.15) is 63.6 Å². The highest BCUT2D eigenvalue weighted by molar-refractivity contribution is 5.88. The van der Waals surface area contributed by atoms with Crippen molar-refractivity contribution in [3.8, 4) is 0 Å². The molecule has 0 aromatic heterocycles. The van der Waals surface area contributed by atoms with Gasteiger partial charge in [0.25, 0.3) is 0 Å². The zero-order valence-corrected chi connectivity index (χ0v) is 19.6. The quantitative estimate of drug-likeness (QED) is 0.526. The molecular formula is C27H38N2O2. The van der Waals surface area contributed by atoms with Crippen molar-refractivity contribution in [2.45, 2.75) is 78.3 Å². The molecule has 168 valence electrons. The number of aryl methyl sites for hydroxylation is 2. The second-order valence-electron chi connectivity index (χ2n) is 8.23. The third-order valence-corrected chi connectivity index (χ3v) is 5.93. The molecule has 4 nitrogen and oxygen atoms in total. The van der Waals surface area contributed by atoms with E-state index in [1.807, 2.05) is 39.0 Å². The lowest BCUT2D eigenvalue weighted by Crippen LogP contribution is -2.51. The summed E-state index contributed by atoms with van der Waals surface area (Å²) in [4.78, 5) is 28.0. The molecule has 0 saturated carbocycles. The monoisotopic (exact) mass is 422 g/mol. The molecule has 0 unspecified atom stereocenters. The van der Waals surface area contributed by atoms with E-state index in [0.717, 1.165) is 24.8 Å². The second-order valence-corrected chi connectivity index (χ2v) is 8.23. The van der Waals surface area contributed by atoms with Crippen LogP contribution in [0.3, 0.4) is 0 Å². The first-order valence-corrected chi connectivity index (χ1v) is 11.7. The largest absolute Gasteiger partial charge is 0.352 e. The normalized spacial score (nSPS) is 12.8. The van der Waals surface area contributed by atoms with Gasteiger partial charge in [0.2, 0.25) is 11.8 Å². The van der Waals surface area contributed by atoms with Crippen molar-refractivity contribution in [3.63, 3.8) is 0 Å². The molecule has 0 bridgehead atoms. The van der Waals surface area contributed by atoms with E-state index in [0.29, 0.717) is 25.8 Å². The predicted molar refractivity (Wildman–Crippen MR) is 128 cm³/mol. The summed E-state index contributed by atoms with van der Waals surface area (Å²) in [5.41, 5.74) is 3.63. The van der Waals surface area contributed by atoms with Crippen LogP contribution in [0.15, 0.2) is 54.6 Å². The molecule has 4 heteroatoms. The maximum atomic E-state index is 13.3. The van der Waals surface area contributed by atoms with E-state index in [9.17, 15) is 9.59 Å². The van der Waals surface area contributed by atoms with Crippen LogP contribution in [0.2, 0.25) is 0 Å². The SMILES string of the molecule is CCc1ccc(CCC(=O)N(CCc2ccccc2)[C@@H](CC)C(=O)N[C@H](C)CC)cc1. The Morgan fingerprint density at radius 3 is 2.03 bits per heavy atom. The molecule has 1 N–H and O–H groups in total. The smallest absolute Gasteiger partial charge is 0.243 e. The first-order chi connectivity index (χ1) is 15.0. The number of rotatable bonds is 12. The number of benzene rings is 2. The molecule has 0 heterocycles. The fraction of sp³-hybridized carbons (Fsp3) is 0.481. The zero-order valence-electron chi connectivity index (χ0n) is 19.6. The van der Waals surface area contributed by atoms with Gasteiger partial charge in [-0.2, -0.15) is 0 Å². The average Bonchev–Trinajstić information content (AvgIpc) is 2.80. The fourth-order valence-electron chi connectivity index (χ4n) is 3.67. The highest BCUT2D eigenvalue weighted by atomic mass is 16.2. The number of carbonyl (C=O) groups is 2. The van der Waals surface area contributed by atoms with Gasteiger partial charge in [0.1, 0.15) is 6.04 Å². The fourth-order valence-corrected chi connectivity index (χ4v) is 3.67. The van der Waals surface area contributed by atoms with Crippen molar-refractivity contribution in [2.75, 3.05) is 6.54 Å². The number of hydrogen-bond donors (Lipinski definition) is 1. The molecule has 0 saturated heterocycles. The Balaban J connectivity index is 2.11. The predicted octanol–water partition coefficient (Wildman–Crippen LogP) is 4.95. The van der Waals surface area contributed by atoms with Gasteiger partial charge in [-0.1, -0.05) is 75.4 Å². The summed E-state index contributed by atoms with van der Waals surface area (Å²) in [6, 6.07) is 18.3. The Labute approximate surface area is 188 Å². The summed E-state index contributed by atoms with van der Waals surface area (Å²) < 4.78 is 0. The van der Waals surface area contributed by atoms with Gasteiger partial charge in [-0.25, -0.2) is 0 Å². The van der Waals surface area contributed by atoms with Crippen molar-refractivity contribution in [1.29, 1.82) is 0 Å². The molecule has 0 spiro atoms. The van der Waals surface area contributed by atoms with E-state index in [-0.39, 0.29) is 17.9 Å². The standard InChI is InChI=1S/C27H38N2O2/c1-5-21(4)28-27(31)25(7-3)29(20-19-23-11-9-8-10-12-23)26(30)18-17-24-15-13-22(6-2)14-16-24/h8-16,21,25H,5-7,17-20H2,1-4H3,(H,28,31)/t21-,25+/m1/s1. The summed E-state index contributed by atoms with van der Waals surface area (Å²) in [6.45, 7) is 8.71. The lowest BCUT2D eigenvalue weighted by molar-refractivity contribution is -0.141. The molecule has 0 fully saturated rings. The Hall–Kier alpha value is -2.62. The number of hydrogen-bond acceptors (Lipinski definition) is 2. The second kappa shape index (κ2) is 12.9. The van der Waals surface area contributed by atoms with Gasteiger partial charge in [0, 0.05) is 19.0 Å². The minimum Gasteiger partial charge on any atom is -0.352 e. The highest BCUT2D eigenvalue weighted by Gasteiger charge is 2.28. The van der Waals surface area contributed by atoms with Crippen molar-refractivity contribution < 1.29 is 9.59 Å². The van der Waals surface area contributed by atoms with Gasteiger partial charge >= 0.3 is 0 Å². The third-order valence-electron chi connectivity index (χ3n) is 5.93. The molecule has 2 aromatic rings. The highest BCUT2D eigenvalue weighted by Crippen LogP contribution is 2.14. The maximum absolute atomic E-state index is 13.3. The van der Waals surface area contributed by atoms with Crippen LogP contribution >= 0.6 is 0 Å². The summed E-state index contributed by atoms with van der Waals surface area (Å²) in [6.07, 6.45) is 4.32. The summed E-state index contributed by atoms with van der Waals surface area (Å²) in [5, 5.41) is 3.07. The number of carbonyl (C=O) groups excluding carboxylic acids is 2. The van der Waals surface area contributed by atoms with Gasteiger partial charge in [0.05, 0.1) is 0 Å². The van der Waals surface area contributed by atoms with Crippen LogP contribution in [0.5, 0.6) is 0 Å². The minimum absolute atomic E-state index is 0.0432. The first-order valence-electron chi connectivity index (χ1n) is 11.7. The molecule has 0 aliphatic rings. The maximum Gasteiger partial charge on any atom is 0.243 e. The van der Waals surface area contributed by atoms with E-state index in [4.69, 9.17) is 0 Å². The molecule has 31 heavy (non-hydrogen) atoms. The van der Waals surface area contributed by atoms with Crippen LogP contribution in [-0.2, 0) is 28.9 Å². The Morgan fingerprint density at radius 2 is 1.45 bits per heavy atom.